The van der Waals surface area contributed by atoms with Gasteiger partial charge in [0, 0.05) is 30.6 Å². The molecular weight excluding hydrogens is 280 g/mol. The van der Waals surface area contributed by atoms with E-state index in [4.69, 9.17) is 16.3 Å². The van der Waals surface area contributed by atoms with Gasteiger partial charge in [0.1, 0.15) is 18.5 Å². The highest BCUT2D eigenvalue weighted by Gasteiger charge is 2.18. The highest BCUT2D eigenvalue weighted by molar-refractivity contribution is 6.30. The summed E-state index contributed by atoms with van der Waals surface area (Å²) in [6.07, 6.45) is 0.745. The molecule has 1 amide bonds. The summed E-state index contributed by atoms with van der Waals surface area (Å²) in [7, 11) is 0. The lowest BCUT2D eigenvalue weighted by Crippen LogP contribution is -2.48. The standard InChI is InChI=1S/C14H19ClN2O3/c15-10-1-4-13(5-2-10)20-9-12(18)8-16-11-3-6-14(19)17-7-11/h1-2,4-5,11-12,16,18H,3,6-9H2,(H,17,19). The van der Waals surface area contributed by atoms with Gasteiger partial charge in [0.15, 0.2) is 0 Å². The van der Waals surface area contributed by atoms with Crippen LogP contribution in [-0.2, 0) is 4.79 Å². The minimum atomic E-state index is -0.594. The van der Waals surface area contributed by atoms with Gasteiger partial charge < -0.3 is 20.5 Å². The molecular formula is C14H19ClN2O3. The number of hydrogen-bond acceptors (Lipinski definition) is 4. The summed E-state index contributed by atoms with van der Waals surface area (Å²) in [6.45, 7) is 1.27. The Bertz CT molecular complexity index is 429. The first kappa shape index (κ1) is 15.1. The number of ether oxygens (including phenoxy) is 1. The largest absolute Gasteiger partial charge is 0.491 e. The Morgan fingerprint density at radius 1 is 1.45 bits per heavy atom. The predicted molar refractivity (Wildman–Crippen MR) is 77.0 cm³/mol. The molecule has 20 heavy (non-hydrogen) atoms. The van der Waals surface area contributed by atoms with E-state index in [1.807, 2.05) is 0 Å². The summed E-state index contributed by atoms with van der Waals surface area (Å²) in [6, 6.07) is 7.23. The minimum absolute atomic E-state index is 0.0923. The SMILES string of the molecule is O=C1CCC(NCC(O)COc2ccc(Cl)cc2)CN1. The van der Waals surface area contributed by atoms with Crippen molar-refractivity contribution < 1.29 is 14.6 Å². The molecule has 1 fully saturated rings. The van der Waals surface area contributed by atoms with Gasteiger partial charge in [-0.3, -0.25) is 4.79 Å². The maximum Gasteiger partial charge on any atom is 0.220 e. The molecule has 1 aromatic rings. The summed E-state index contributed by atoms with van der Waals surface area (Å²) < 4.78 is 5.46. The molecule has 1 aromatic carbocycles. The van der Waals surface area contributed by atoms with E-state index < -0.39 is 6.10 Å². The zero-order chi connectivity index (χ0) is 14.4. The van der Waals surface area contributed by atoms with Gasteiger partial charge in [0.25, 0.3) is 0 Å². The Morgan fingerprint density at radius 2 is 2.20 bits per heavy atom. The molecule has 1 aliphatic heterocycles. The van der Waals surface area contributed by atoms with Crippen LogP contribution in [0.4, 0.5) is 0 Å². The number of carbonyl (C=O) groups excluding carboxylic acids is 1. The average molecular weight is 299 g/mol. The molecule has 3 N–H and O–H groups in total. The maximum atomic E-state index is 11.0. The van der Waals surface area contributed by atoms with Gasteiger partial charge in [-0.05, 0) is 30.7 Å². The van der Waals surface area contributed by atoms with Crippen LogP contribution in [0, 0.1) is 0 Å². The fraction of sp³-hybridized carbons (Fsp3) is 0.500. The predicted octanol–water partition coefficient (Wildman–Crippen LogP) is 0.948. The molecule has 0 aromatic heterocycles. The van der Waals surface area contributed by atoms with Gasteiger partial charge in [0.05, 0.1) is 0 Å². The van der Waals surface area contributed by atoms with Crippen molar-refractivity contribution in [2.45, 2.75) is 25.0 Å². The number of aliphatic hydroxyl groups excluding tert-OH is 1. The summed E-state index contributed by atoms with van der Waals surface area (Å²) in [4.78, 5) is 11.0. The minimum Gasteiger partial charge on any atom is -0.491 e. The van der Waals surface area contributed by atoms with Crippen LogP contribution in [0.15, 0.2) is 24.3 Å². The smallest absolute Gasteiger partial charge is 0.220 e. The molecule has 1 saturated heterocycles. The molecule has 2 rings (SSSR count). The molecule has 0 saturated carbocycles. The number of carbonyl (C=O) groups is 1. The third kappa shape index (κ3) is 5.00. The van der Waals surface area contributed by atoms with Gasteiger partial charge in [-0.15, -0.1) is 0 Å². The molecule has 2 unspecified atom stereocenters. The van der Waals surface area contributed by atoms with E-state index in [0.717, 1.165) is 6.42 Å². The highest BCUT2D eigenvalue weighted by atomic mass is 35.5. The number of halogens is 1. The van der Waals surface area contributed by atoms with E-state index in [1.165, 1.54) is 0 Å². The molecule has 0 spiro atoms. The van der Waals surface area contributed by atoms with Crippen LogP contribution in [0.5, 0.6) is 5.75 Å². The molecule has 0 aliphatic carbocycles. The van der Waals surface area contributed by atoms with E-state index in [2.05, 4.69) is 10.6 Å². The molecule has 0 radical (unpaired) electrons. The van der Waals surface area contributed by atoms with Crippen molar-refractivity contribution in [2.75, 3.05) is 19.7 Å². The van der Waals surface area contributed by atoms with Gasteiger partial charge in [-0.25, -0.2) is 0 Å². The fourth-order valence-electron chi connectivity index (χ4n) is 1.99. The lowest BCUT2D eigenvalue weighted by atomic mass is 10.1. The lowest BCUT2D eigenvalue weighted by Gasteiger charge is -2.24. The fourth-order valence-corrected chi connectivity index (χ4v) is 2.12. The van der Waals surface area contributed by atoms with Crippen molar-refractivity contribution in [1.82, 2.24) is 10.6 Å². The number of nitrogens with one attached hydrogen (secondary N) is 2. The number of hydrogen-bond donors (Lipinski definition) is 3. The molecule has 1 heterocycles. The number of aliphatic hydroxyl groups is 1. The number of benzene rings is 1. The third-order valence-corrected chi connectivity index (χ3v) is 3.42. The number of piperidine rings is 1. The van der Waals surface area contributed by atoms with Crippen molar-refractivity contribution in [2.24, 2.45) is 0 Å². The first-order valence-corrected chi connectivity index (χ1v) is 7.08. The first-order chi connectivity index (χ1) is 9.63. The van der Waals surface area contributed by atoms with Gasteiger partial charge in [-0.1, -0.05) is 11.6 Å². The zero-order valence-electron chi connectivity index (χ0n) is 11.1. The van der Waals surface area contributed by atoms with Crippen LogP contribution < -0.4 is 15.4 Å². The molecule has 6 heteroatoms. The van der Waals surface area contributed by atoms with E-state index in [0.29, 0.717) is 30.3 Å². The quantitative estimate of drug-likeness (QED) is 0.731. The summed E-state index contributed by atoms with van der Waals surface area (Å²) in [5, 5.41) is 16.5. The molecule has 2 atom stereocenters. The van der Waals surface area contributed by atoms with Crippen molar-refractivity contribution in [1.29, 1.82) is 0 Å². The van der Waals surface area contributed by atoms with E-state index >= 15 is 0 Å². The Labute approximate surface area is 123 Å². The second-order valence-corrected chi connectivity index (χ2v) is 5.30. The highest BCUT2D eigenvalue weighted by Crippen LogP contribution is 2.15. The molecule has 5 nitrogen and oxygen atoms in total. The van der Waals surface area contributed by atoms with Crippen LogP contribution in [-0.4, -0.2) is 42.9 Å². The second-order valence-electron chi connectivity index (χ2n) is 4.87. The monoisotopic (exact) mass is 298 g/mol. The Morgan fingerprint density at radius 3 is 2.85 bits per heavy atom. The van der Waals surface area contributed by atoms with E-state index in [-0.39, 0.29) is 18.6 Å². The average Bonchev–Trinajstić information content (AvgIpc) is 2.46. The van der Waals surface area contributed by atoms with Crippen molar-refractivity contribution in [3.8, 4) is 5.75 Å². The van der Waals surface area contributed by atoms with E-state index in [9.17, 15) is 9.90 Å². The third-order valence-electron chi connectivity index (χ3n) is 3.16. The van der Waals surface area contributed by atoms with Crippen LogP contribution >= 0.6 is 11.6 Å². The molecule has 1 aliphatic rings. The Kier molecular flexibility index (Phi) is 5.64. The number of rotatable bonds is 6. The van der Waals surface area contributed by atoms with Gasteiger partial charge in [0.2, 0.25) is 5.91 Å². The van der Waals surface area contributed by atoms with E-state index in [1.54, 1.807) is 24.3 Å². The number of amides is 1. The molecule has 110 valence electrons. The Hall–Kier alpha value is -1.30. The van der Waals surface area contributed by atoms with Crippen LogP contribution in [0.25, 0.3) is 0 Å². The maximum absolute atomic E-state index is 11.0. The van der Waals surface area contributed by atoms with Crippen molar-refractivity contribution in [3.05, 3.63) is 29.3 Å². The Balaban J connectivity index is 1.64. The zero-order valence-corrected chi connectivity index (χ0v) is 11.9. The second kappa shape index (κ2) is 7.47. The summed E-state index contributed by atoms with van der Waals surface area (Å²) in [5.74, 6) is 0.771. The summed E-state index contributed by atoms with van der Waals surface area (Å²) >= 11 is 5.78. The van der Waals surface area contributed by atoms with Gasteiger partial charge in [-0.2, -0.15) is 0 Å². The van der Waals surface area contributed by atoms with Gasteiger partial charge >= 0.3 is 0 Å². The van der Waals surface area contributed by atoms with Crippen LogP contribution in [0.2, 0.25) is 5.02 Å². The van der Waals surface area contributed by atoms with Crippen molar-refractivity contribution in [3.63, 3.8) is 0 Å². The summed E-state index contributed by atoms with van der Waals surface area (Å²) in [5.41, 5.74) is 0. The van der Waals surface area contributed by atoms with Crippen LogP contribution in [0.3, 0.4) is 0 Å². The van der Waals surface area contributed by atoms with Crippen LogP contribution in [0.1, 0.15) is 12.8 Å². The molecule has 0 bridgehead atoms. The topological polar surface area (TPSA) is 70.6 Å². The lowest BCUT2D eigenvalue weighted by molar-refractivity contribution is -0.122. The van der Waals surface area contributed by atoms with Crippen molar-refractivity contribution >= 4 is 17.5 Å². The normalized spacial score (nSPS) is 20.3. The first-order valence-electron chi connectivity index (χ1n) is 6.70.